The second kappa shape index (κ2) is 8.56. The van der Waals surface area contributed by atoms with Gasteiger partial charge in [0.25, 0.3) is 0 Å². The van der Waals surface area contributed by atoms with Crippen LogP contribution >= 0.6 is 15.9 Å². The third-order valence-corrected chi connectivity index (χ3v) is 4.42. The highest BCUT2D eigenvalue weighted by Crippen LogP contribution is 2.35. The molecule has 2 aromatic carbocycles. The number of nitrogens with one attached hydrogen (secondary N) is 2. The predicted molar refractivity (Wildman–Crippen MR) is 108 cm³/mol. The number of methoxy groups -OCH3 is 1. The van der Waals surface area contributed by atoms with Gasteiger partial charge in [0.1, 0.15) is 5.82 Å². The monoisotopic (exact) mass is 417 g/mol. The molecular weight excluding hydrogens is 394 g/mol. The maximum Gasteiger partial charge on any atom is 0.166 e. The molecule has 0 aliphatic carbocycles. The number of hydrogen-bond acceptors (Lipinski definition) is 4. The highest BCUT2D eigenvalue weighted by atomic mass is 79.9. The van der Waals surface area contributed by atoms with Crippen molar-refractivity contribution in [3.05, 3.63) is 52.3 Å². The molecule has 3 aromatic rings. The van der Waals surface area contributed by atoms with E-state index in [2.05, 4.69) is 37.3 Å². The summed E-state index contributed by atoms with van der Waals surface area (Å²) in [5.41, 5.74) is 3.15. The lowest BCUT2D eigenvalue weighted by Crippen LogP contribution is -2.19. The van der Waals surface area contributed by atoms with E-state index in [0.717, 1.165) is 51.4 Å². The number of nitrogens with zero attached hydrogens (tertiary/aromatic N) is 1. The normalized spacial score (nSPS) is 11.3. The van der Waals surface area contributed by atoms with Crippen LogP contribution in [0.15, 0.2) is 40.9 Å². The van der Waals surface area contributed by atoms with E-state index in [1.165, 1.54) is 0 Å². The number of imidazole rings is 1. The Morgan fingerprint density at radius 2 is 2.04 bits per heavy atom. The maximum absolute atomic E-state index is 5.97. The van der Waals surface area contributed by atoms with Crippen molar-refractivity contribution in [3.63, 3.8) is 0 Å². The minimum Gasteiger partial charge on any atom is -0.493 e. The van der Waals surface area contributed by atoms with E-state index >= 15 is 0 Å². The molecule has 0 saturated carbocycles. The van der Waals surface area contributed by atoms with Gasteiger partial charge in [0, 0.05) is 29.5 Å². The molecule has 0 fully saturated rings. The Morgan fingerprint density at radius 3 is 2.77 bits per heavy atom. The summed E-state index contributed by atoms with van der Waals surface area (Å²) in [4.78, 5) is 7.96. The average Bonchev–Trinajstić information content (AvgIpc) is 3.02. The van der Waals surface area contributed by atoms with Crippen molar-refractivity contribution in [2.75, 3.05) is 13.7 Å². The Hall–Kier alpha value is -2.05. The van der Waals surface area contributed by atoms with Gasteiger partial charge in [-0.25, -0.2) is 4.98 Å². The van der Waals surface area contributed by atoms with Crippen molar-refractivity contribution in [1.29, 1.82) is 0 Å². The molecule has 0 radical (unpaired) electrons. The van der Waals surface area contributed by atoms with Crippen LogP contribution in [0.25, 0.3) is 11.0 Å². The number of fused-ring (bicyclic) bond motifs is 1. The van der Waals surface area contributed by atoms with E-state index in [1.807, 2.05) is 44.2 Å². The zero-order chi connectivity index (χ0) is 18.5. The molecule has 0 unspecified atom stereocenters. The van der Waals surface area contributed by atoms with Crippen molar-refractivity contribution in [1.82, 2.24) is 15.3 Å². The van der Waals surface area contributed by atoms with Crippen LogP contribution in [0.4, 0.5) is 0 Å². The van der Waals surface area contributed by atoms with Gasteiger partial charge in [-0.2, -0.15) is 0 Å². The van der Waals surface area contributed by atoms with Crippen LogP contribution in [-0.2, 0) is 13.0 Å². The fourth-order valence-electron chi connectivity index (χ4n) is 2.83. The third kappa shape index (κ3) is 4.56. The van der Waals surface area contributed by atoms with E-state index < -0.39 is 0 Å². The highest BCUT2D eigenvalue weighted by molar-refractivity contribution is 9.10. The largest absolute Gasteiger partial charge is 0.493 e. The Kier molecular flexibility index (Phi) is 6.16. The number of para-hydroxylation sites is 2. The summed E-state index contributed by atoms with van der Waals surface area (Å²) in [6.45, 7) is 5.54. The molecular formula is C20H24BrN3O2. The van der Waals surface area contributed by atoms with Gasteiger partial charge in [-0.1, -0.05) is 28.1 Å². The first kappa shape index (κ1) is 18.7. The van der Waals surface area contributed by atoms with E-state index in [9.17, 15) is 0 Å². The topological polar surface area (TPSA) is 59.2 Å². The molecule has 3 rings (SSSR count). The van der Waals surface area contributed by atoms with Gasteiger partial charge in [-0.05, 0) is 38.1 Å². The van der Waals surface area contributed by atoms with Gasteiger partial charge in [-0.15, -0.1) is 0 Å². The standard InChI is InChI=1S/C20H24BrN3O2/c1-13(2)26-20-14(10-15(21)11-18(20)25-3)12-22-9-8-19-23-16-6-4-5-7-17(16)24-19/h4-7,10-11,13,22H,8-9,12H2,1-3H3,(H,23,24). The smallest absolute Gasteiger partial charge is 0.166 e. The lowest BCUT2D eigenvalue weighted by molar-refractivity contribution is 0.227. The summed E-state index contributed by atoms with van der Waals surface area (Å²) in [5, 5.41) is 3.47. The van der Waals surface area contributed by atoms with Crippen LogP contribution in [0.3, 0.4) is 0 Å². The molecule has 2 N–H and O–H groups in total. The van der Waals surface area contributed by atoms with E-state index in [1.54, 1.807) is 7.11 Å². The summed E-state index contributed by atoms with van der Waals surface area (Å²) < 4.78 is 12.4. The number of aromatic nitrogens is 2. The van der Waals surface area contributed by atoms with Crippen molar-refractivity contribution in [2.45, 2.75) is 32.9 Å². The number of H-pyrrole nitrogens is 1. The Morgan fingerprint density at radius 1 is 1.23 bits per heavy atom. The summed E-state index contributed by atoms with van der Waals surface area (Å²) in [6.07, 6.45) is 0.916. The first-order valence-electron chi connectivity index (χ1n) is 8.74. The maximum atomic E-state index is 5.97. The Bertz CT molecular complexity index is 844. The van der Waals surface area contributed by atoms with Crippen molar-refractivity contribution >= 4 is 27.0 Å². The van der Waals surface area contributed by atoms with E-state index in [4.69, 9.17) is 9.47 Å². The molecule has 6 heteroatoms. The van der Waals surface area contributed by atoms with Gasteiger partial charge < -0.3 is 19.8 Å². The number of benzene rings is 2. The molecule has 0 atom stereocenters. The van der Waals surface area contributed by atoms with Crippen LogP contribution in [0.1, 0.15) is 25.2 Å². The SMILES string of the molecule is COc1cc(Br)cc(CNCCc2nc3ccccc3[nH]2)c1OC(C)C. The number of ether oxygens (including phenoxy) is 2. The van der Waals surface area contributed by atoms with Gasteiger partial charge >= 0.3 is 0 Å². The summed E-state index contributed by atoms with van der Waals surface area (Å²) in [7, 11) is 1.66. The van der Waals surface area contributed by atoms with Gasteiger partial charge in [-0.3, -0.25) is 0 Å². The molecule has 0 bridgehead atoms. The van der Waals surface area contributed by atoms with Gasteiger partial charge in [0.05, 0.1) is 24.2 Å². The number of halogens is 1. The second-order valence-corrected chi connectivity index (χ2v) is 7.31. The fourth-order valence-corrected chi connectivity index (χ4v) is 3.31. The summed E-state index contributed by atoms with van der Waals surface area (Å²) >= 11 is 3.54. The third-order valence-electron chi connectivity index (χ3n) is 3.96. The summed E-state index contributed by atoms with van der Waals surface area (Å²) in [5.74, 6) is 2.52. The van der Waals surface area contributed by atoms with Gasteiger partial charge in [0.2, 0.25) is 0 Å². The molecule has 0 aliphatic rings. The minimum atomic E-state index is 0.0828. The molecule has 26 heavy (non-hydrogen) atoms. The Labute approximate surface area is 162 Å². The molecule has 0 saturated heterocycles. The lowest BCUT2D eigenvalue weighted by Gasteiger charge is -2.18. The first-order chi connectivity index (χ1) is 12.6. The Balaban J connectivity index is 1.64. The number of hydrogen-bond donors (Lipinski definition) is 2. The quantitative estimate of drug-likeness (QED) is 0.531. The van der Waals surface area contributed by atoms with Crippen molar-refractivity contribution in [2.24, 2.45) is 0 Å². The zero-order valence-electron chi connectivity index (χ0n) is 15.3. The number of rotatable bonds is 8. The first-order valence-corrected chi connectivity index (χ1v) is 9.53. The second-order valence-electron chi connectivity index (χ2n) is 6.39. The van der Waals surface area contributed by atoms with Crippen LogP contribution in [0.2, 0.25) is 0 Å². The van der Waals surface area contributed by atoms with Crippen LogP contribution < -0.4 is 14.8 Å². The zero-order valence-corrected chi connectivity index (χ0v) is 16.9. The lowest BCUT2D eigenvalue weighted by atomic mass is 10.1. The minimum absolute atomic E-state index is 0.0828. The van der Waals surface area contributed by atoms with Crippen molar-refractivity contribution < 1.29 is 9.47 Å². The summed E-state index contributed by atoms with van der Waals surface area (Å²) in [6, 6.07) is 12.1. The average molecular weight is 418 g/mol. The molecule has 5 nitrogen and oxygen atoms in total. The van der Waals surface area contributed by atoms with Crippen molar-refractivity contribution in [3.8, 4) is 11.5 Å². The van der Waals surface area contributed by atoms with Crippen LogP contribution in [0.5, 0.6) is 11.5 Å². The van der Waals surface area contributed by atoms with Crippen LogP contribution in [0, 0.1) is 0 Å². The molecule has 0 aliphatic heterocycles. The molecule has 0 amide bonds. The van der Waals surface area contributed by atoms with Gasteiger partial charge in [0.15, 0.2) is 11.5 Å². The van der Waals surface area contributed by atoms with E-state index in [0.29, 0.717) is 6.54 Å². The fraction of sp³-hybridized carbons (Fsp3) is 0.350. The highest BCUT2D eigenvalue weighted by Gasteiger charge is 2.14. The van der Waals surface area contributed by atoms with E-state index in [-0.39, 0.29) is 6.10 Å². The predicted octanol–water partition coefficient (Wildman–Crippen LogP) is 4.45. The van der Waals surface area contributed by atoms with Crippen LogP contribution in [-0.4, -0.2) is 29.7 Å². The molecule has 1 aromatic heterocycles. The number of aromatic amines is 1. The molecule has 1 heterocycles. The molecule has 138 valence electrons. The molecule has 0 spiro atoms.